The summed E-state index contributed by atoms with van der Waals surface area (Å²) >= 11 is 0. The van der Waals surface area contributed by atoms with Gasteiger partial charge in [-0.15, -0.1) is 10.2 Å². The minimum Gasteiger partial charge on any atom is -0.462 e. The van der Waals surface area contributed by atoms with Gasteiger partial charge in [-0.25, -0.2) is 9.48 Å². The molecular weight excluding hydrogens is 274 g/mol. The van der Waals surface area contributed by atoms with E-state index >= 15 is 0 Å². The highest BCUT2D eigenvalue weighted by molar-refractivity contribution is 5.92. The van der Waals surface area contributed by atoms with Crippen LogP contribution in [0, 0.1) is 0 Å². The second kappa shape index (κ2) is 6.60. The number of hydrogen-bond acceptors (Lipinski definition) is 6. The molecule has 0 atom stereocenters. The van der Waals surface area contributed by atoms with Crippen LogP contribution in [-0.4, -0.2) is 45.0 Å². The van der Waals surface area contributed by atoms with Crippen molar-refractivity contribution in [2.45, 2.75) is 13.8 Å². The fourth-order valence-corrected chi connectivity index (χ4v) is 1.59. The molecule has 0 aromatic carbocycles. The number of hydrogen-bond donors (Lipinski definition) is 1. The molecule has 0 fully saturated rings. The third-order valence-electron chi connectivity index (χ3n) is 2.55. The van der Waals surface area contributed by atoms with Crippen LogP contribution in [0.25, 0.3) is 5.82 Å². The van der Waals surface area contributed by atoms with Crippen LogP contribution in [0.2, 0.25) is 0 Å². The molecular formula is C13H15N5O3. The molecule has 2 heterocycles. The number of carbonyl (C=O) groups excluding carboxylic acids is 2. The first-order valence-electron chi connectivity index (χ1n) is 6.49. The molecule has 0 unspecified atom stereocenters. The predicted molar refractivity (Wildman–Crippen MR) is 73.1 cm³/mol. The summed E-state index contributed by atoms with van der Waals surface area (Å²) in [5, 5.41) is 14.4. The summed E-state index contributed by atoms with van der Waals surface area (Å²) in [5.41, 5.74) is 0.546. The number of esters is 1. The van der Waals surface area contributed by atoms with E-state index in [9.17, 15) is 9.59 Å². The molecule has 8 nitrogen and oxygen atoms in total. The van der Waals surface area contributed by atoms with Crippen molar-refractivity contribution in [1.82, 2.24) is 25.3 Å². The second-order valence-corrected chi connectivity index (χ2v) is 4.03. The average molecular weight is 289 g/mol. The molecule has 1 N–H and O–H groups in total. The topological polar surface area (TPSA) is 99.0 Å². The van der Waals surface area contributed by atoms with Gasteiger partial charge in [0, 0.05) is 12.7 Å². The zero-order valence-electron chi connectivity index (χ0n) is 11.7. The van der Waals surface area contributed by atoms with E-state index in [-0.39, 0.29) is 11.6 Å². The van der Waals surface area contributed by atoms with Gasteiger partial charge in [-0.05, 0) is 26.0 Å². The zero-order chi connectivity index (χ0) is 15.2. The van der Waals surface area contributed by atoms with E-state index in [2.05, 4.69) is 20.6 Å². The lowest BCUT2D eigenvalue weighted by atomic mass is 10.3. The number of carbonyl (C=O) groups is 2. The minimum atomic E-state index is -0.448. The molecule has 8 heteroatoms. The van der Waals surface area contributed by atoms with E-state index in [0.29, 0.717) is 24.5 Å². The third-order valence-corrected chi connectivity index (χ3v) is 2.55. The molecule has 2 aromatic rings. The summed E-state index contributed by atoms with van der Waals surface area (Å²) in [6.45, 7) is 4.36. The highest BCUT2D eigenvalue weighted by Crippen LogP contribution is 2.06. The SMILES string of the molecule is CCNC(=O)c1ccc(-n2cc(C(=O)OCC)cn2)nn1. The second-order valence-electron chi connectivity index (χ2n) is 4.03. The quantitative estimate of drug-likeness (QED) is 0.809. The van der Waals surface area contributed by atoms with Gasteiger partial charge in [-0.2, -0.15) is 5.10 Å². The Balaban J connectivity index is 2.15. The molecule has 0 aliphatic heterocycles. The van der Waals surface area contributed by atoms with Gasteiger partial charge >= 0.3 is 5.97 Å². The number of nitrogens with zero attached hydrogens (tertiary/aromatic N) is 4. The Hall–Kier alpha value is -2.77. The van der Waals surface area contributed by atoms with Gasteiger partial charge in [-0.3, -0.25) is 4.79 Å². The normalized spacial score (nSPS) is 10.2. The summed E-state index contributed by atoms with van der Waals surface area (Å²) in [5.74, 6) is -0.335. The van der Waals surface area contributed by atoms with E-state index in [0.717, 1.165) is 0 Å². The first kappa shape index (κ1) is 14.6. The molecule has 0 spiro atoms. The fourth-order valence-electron chi connectivity index (χ4n) is 1.59. The smallest absolute Gasteiger partial charge is 0.341 e. The molecule has 21 heavy (non-hydrogen) atoms. The van der Waals surface area contributed by atoms with Crippen molar-refractivity contribution >= 4 is 11.9 Å². The Bertz CT molecular complexity index is 636. The molecule has 0 radical (unpaired) electrons. The van der Waals surface area contributed by atoms with Crippen molar-refractivity contribution in [1.29, 1.82) is 0 Å². The Morgan fingerprint density at radius 3 is 2.71 bits per heavy atom. The number of nitrogens with one attached hydrogen (secondary N) is 1. The molecule has 0 aliphatic carbocycles. The van der Waals surface area contributed by atoms with E-state index in [1.807, 2.05) is 6.92 Å². The fraction of sp³-hybridized carbons (Fsp3) is 0.308. The Morgan fingerprint density at radius 1 is 1.29 bits per heavy atom. The minimum absolute atomic E-state index is 0.221. The maximum atomic E-state index is 11.6. The van der Waals surface area contributed by atoms with Crippen LogP contribution in [0.4, 0.5) is 0 Å². The first-order valence-corrected chi connectivity index (χ1v) is 6.49. The van der Waals surface area contributed by atoms with Gasteiger partial charge in [-0.1, -0.05) is 0 Å². The predicted octanol–water partition coefficient (Wildman–Crippen LogP) is 0.589. The lowest BCUT2D eigenvalue weighted by molar-refractivity contribution is 0.0526. The average Bonchev–Trinajstić information content (AvgIpc) is 2.98. The standard InChI is InChI=1S/C13H15N5O3/c1-3-14-12(19)10-5-6-11(17-16-10)18-8-9(7-15-18)13(20)21-4-2/h5-8H,3-4H2,1-2H3,(H,14,19). The van der Waals surface area contributed by atoms with E-state index in [4.69, 9.17) is 4.74 Å². The van der Waals surface area contributed by atoms with Gasteiger partial charge in [0.1, 0.15) is 0 Å². The summed E-state index contributed by atoms with van der Waals surface area (Å²) in [7, 11) is 0. The van der Waals surface area contributed by atoms with Crippen LogP contribution >= 0.6 is 0 Å². The number of rotatable bonds is 5. The van der Waals surface area contributed by atoms with Crippen molar-refractivity contribution < 1.29 is 14.3 Å². The summed E-state index contributed by atoms with van der Waals surface area (Å²) < 4.78 is 6.26. The van der Waals surface area contributed by atoms with Crippen molar-refractivity contribution in [3.05, 3.63) is 35.8 Å². The summed E-state index contributed by atoms with van der Waals surface area (Å²) in [4.78, 5) is 23.1. The lowest BCUT2D eigenvalue weighted by Crippen LogP contribution is -2.24. The highest BCUT2D eigenvalue weighted by atomic mass is 16.5. The zero-order valence-corrected chi connectivity index (χ0v) is 11.7. The molecule has 1 amide bonds. The number of amides is 1. The maximum Gasteiger partial charge on any atom is 0.341 e. The van der Waals surface area contributed by atoms with Gasteiger partial charge in [0.25, 0.3) is 5.91 Å². The van der Waals surface area contributed by atoms with Crippen molar-refractivity contribution in [2.24, 2.45) is 0 Å². The molecule has 110 valence electrons. The van der Waals surface area contributed by atoms with E-state index in [1.54, 1.807) is 19.1 Å². The van der Waals surface area contributed by atoms with E-state index in [1.165, 1.54) is 17.1 Å². The number of aromatic nitrogens is 4. The van der Waals surface area contributed by atoms with Crippen LogP contribution in [0.3, 0.4) is 0 Å². The van der Waals surface area contributed by atoms with Crippen LogP contribution in [0.15, 0.2) is 24.5 Å². The monoisotopic (exact) mass is 289 g/mol. The van der Waals surface area contributed by atoms with Crippen molar-refractivity contribution in [3.63, 3.8) is 0 Å². The molecule has 0 saturated heterocycles. The summed E-state index contributed by atoms with van der Waals surface area (Å²) in [6, 6.07) is 3.14. The van der Waals surface area contributed by atoms with Crippen LogP contribution in [-0.2, 0) is 4.74 Å². The van der Waals surface area contributed by atoms with Gasteiger partial charge in [0.05, 0.1) is 18.4 Å². The van der Waals surface area contributed by atoms with Gasteiger partial charge < -0.3 is 10.1 Å². The molecule has 0 saturated carbocycles. The van der Waals surface area contributed by atoms with E-state index < -0.39 is 5.97 Å². The van der Waals surface area contributed by atoms with Crippen LogP contribution in [0.1, 0.15) is 34.7 Å². The van der Waals surface area contributed by atoms with Crippen LogP contribution in [0.5, 0.6) is 0 Å². The Kier molecular flexibility index (Phi) is 4.60. The Labute approximate surface area is 121 Å². The van der Waals surface area contributed by atoms with Crippen LogP contribution < -0.4 is 5.32 Å². The Morgan fingerprint density at radius 2 is 2.10 bits per heavy atom. The summed E-state index contributed by atoms with van der Waals surface area (Å²) in [6.07, 6.45) is 2.88. The molecule has 2 aromatic heterocycles. The maximum absolute atomic E-state index is 11.6. The molecule has 0 bridgehead atoms. The van der Waals surface area contributed by atoms with Crippen molar-refractivity contribution in [2.75, 3.05) is 13.2 Å². The molecule has 0 aliphatic rings. The van der Waals surface area contributed by atoms with Gasteiger partial charge in [0.2, 0.25) is 0 Å². The van der Waals surface area contributed by atoms with Crippen molar-refractivity contribution in [3.8, 4) is 5.82 Å². The third kappa shape index (κ3) is 3.41. The largest absolute Gasteiger partial charge is 0.462 e. The lowest BCUT2D eigenvalue weighted by Gasteiger charge is -2.02. The highest BCUT2D eigenvalue weighted by Gasteiger charge is 2.12. The van der Waals surface area contributed by atoms with Gasteiger partial charge in [0.15, 0.2) is 11.5 Å². The molecule has 2 rings (SSSR count). The first-order chi connectivity index (χ1) is 10.2. The number of ether oxygens (including phenoxy) is 1.